The number of amides is 2. The van der Waals surface area contributed by atoms with E-state index in [2.05, 4.69) is 0 Å². The lowest BCUT2D eigenvalue weighted by molar-refractivity contribution is -0.144. The van der Waals surface area contributed by atoms with Crippen LogP contribution in [0.25, 0.3) is 0 Å². The molecule has 9 heteroatoms. The van der Waals surface area contributed by atoms with Gasteiger partial charge in [0.2, 0.25) is 11.8 Å². The number of alkyl halides is 3. The second-order valence-corrected chi connectivity index (χ2v) is 6.58. The van der Waals surface area contributed by atoms with Crippen molar-refractivity contribution in [3.05, 3.63) is 33.8 Å². The van der Waals surface area contributed by atoms with E-state index in [1.807, 2.05) is 5.32 Å². The molecule has 1 aromatic rings. The normalized spacial score (nSPS) is 17.6. The third kappa shape index (κ3) is 5.51. The standard InChI is InChI=1S/C16H17Cl2F3N2O2/c17-11-4-1-3-10(14(11)18)6-7-13(24)23-8-2-5-12(23)15(25)22-9-16(19,20)21/h1,3-4,12H,2,5-9H2,(H,22,25). The van der Waals surface area contributed by atoms with Crippen molar-refractivity contribution in [1.29, 1.82) is 0 Å². The number of carbonyl (C=O) groups is 2. The molecule has 0 bridgehead atoms. The van der Waals surface area contributed by atoms with Gasteiger partial charge < -0.3 is 10.2 Å². The number of nitrogens with zero attached hydrogens (tertiary/aromatic N) is 1. The van der Waals surface area contributed by atoms with Gasteiger partial charge in [0.05, 0.1) is 10.0 Å². The minimum atomic E-state index is -4.48. The van der Waals surface area contributed by atoms with Crippen molar-refractivity contribution in [3.8, 4) is 0 Å². The first-order valence-electron chi connectivity index (χ1n) is 7.76. The maximum absolute atomic E-state index is 12.4. The highest BCUT2D eigenvalue weighted by Gasteiger charge is 2.36. The number of hydrogen-bond acceptors (Lipinski definition) is 2. The van der Waals surface area contributed by atoms with E-state index in [9.17, 15) is 22.8 Å². The highest BCUT2D eigenvalue weighted by atomic mass is 35.5. The molecule has 2 amide bonds. The molecule has 1 aliphatic heterocycles. The molecule has 138 valence electrons. The SMILES string of the molecule is O=C(NCC(F)(F)F)C1CCCN1C(=O)CCc1cccc(Cl)c1Cl. The Kier molecular flexibility index (Phi) is 6.57. The van der Waals surface area contributed by atoms with Crippen LogP contribution in [0.1, 0.15) is 24.8 Å². The molecule has 1 saturated heterocycles. The van der Waals surface area contributed by atoms with Crippen LogP contribution in [0.4, 0.5) is 13.2 Å². The summed E-state index contributed by atoms with van der Waals surface area (Å²) < 4.78 is 36.7. The van der Waals surface area contributed by atoms with Crippen LogP contribution in [0, 0.1) is 0 Å². The number of halogens is 5. The maximum Gasteiger partial charge on any atom is 0.405 e. The van der Waals surface area contributed by atoms with Crippen LogP contribution in [-0.4, -0.2) is 42.0 Å². The van der Waals surface area contributed by atoms with Crippen molar-refractivity contribution in [3.63, 3.8) is 0 Å². The smallest absolute Gasteiger partial charge is 0.345 e. The van der Waals surface area contributed by atoms with Gasteiger partial charge in [-0.2, -0.15) is 13.2 Å². The molecule has 1 heterocycles. The van der Waals surface area contributed by atoms with E-state index in [1.165, 1.54) is 4.90 Å². The molecule has 25 heavy (non-hydrogen) atoms. The van der Waals surface area contributed by atoms with E-state index in [-0.39, 0.29) is 12.3 Å². The van der Waals surface area contributed by atoms with E-state index in [1.54, 1.807) is 18.2 Å². The predicted octanol–water partition coefficient (Wildman–Crippen LogP) is 3.60. The number of aryl methyl sites for hydroxylation is 1. The Morgan fingerprint density at radius 1 is 1.28 bits per heavy atom. The molecule has 0 saturated carbocycles. The minimum Gasteiger partial charge on any atom is -0.345 e. The van der Waals surface area contributed by atoms with Crippen molar-refractivity contribution in [1.82, 2.24) is 10.2 Å². The zero-order valence-electron chi connectivity index (χ0n) is 13.2. The Morgan fingerprint density at radius 3 is 2.68 bits per heavy atom. The summed E-state index contributed by atoms with van der Waals surface area (Å²) in [6.45, 7) is -1.05. The molecule has 2 rings (SSSR count). The van der Waals surface area contributed by atoms with Crippen LogP contribution in [0.3, 0.4) is 0 Å². The van der Waals surface area contributed by atoms with Gasteiger partial charge in [-0.05, 0) is 30.9 Å². The molecule has 1 aliphatic rings. The summed E-state index contributed by atoms with van der Waals surface area (Å²) in [5.74, 6) is -1.07. The van der Waals surface area contributed by atoms with Gasteiger partial charge in [-0.3, -0.25) is 9.59 Å². The van der Waals surface area contributed by atoms with E-state index in [4.69, 9.17) is 23.2 Å². The van der Waals surface area contributed by atoms with Gasteiger partial charge in [-0.15, -0.1) is 0 Å². The van der Waals surface area contributed by atoms with Crippen LogP contribution < -0.4 is 5.32 Å². The zero-order valence-corrected chi connectivity index (χ0v) is 14.7. The van der Waals surface area contributed by atoms with Crippen molar-refractivity contribution < 1.29 is 22.8 Å². The first kappa shape index (κ1) is 19.8. The summed E-state index contributed by atoms with van der Waals surface area (Å²) in [4.78, 5) is 25.7. The highest BCUT2D eigenvalue weighted by Crippen LogP contribution is 2.27. The lowest BCUT2D eigenvalue weighted by Crippen LogP contribution is -2.48. The van der Waals surface area contributed by atoms with Gasteiger partial charge >= 0.3 is 6.18 Å². The summed E-state index contributed by atoms with van der Waals surface area (Å²) in [5.41, 5.74) is 0.708. The van der Waals surface area contributed by atoms with Gasteiger partial charge in [0.1, 0.15) is 12.6 Å². The minimum absolute atomic E-state index is 0.100. The Morgan fingerprint density at radius 2 is 2.00 bits per heavy atom. The molecule has 1 aromatic carbocycles. The lowest BCUT2D eigenvalue weighted by atomic mass is 10.1. The van der Waals surface area contributed by atoms with Crippen LogP contribution in [-0.2, 0) is 16.0 Å². The topological polar surface area (TPSA) is 49.4 Å². The predicted molar refractivity (Wildman–Crippen MR) is 88.6 cm³/mol. The van der Waals surface area contributed by atoms with Crippen LogP contribution >= 0.6 is 23.2 Å². The van der Waals surface area contributed by atoms with E-state index >= 15 is 0 Å². The fourth-order valence-electron chi connectivity index (χ4n) is 2.77. The fourth-order valence-corrected chi connectivity index (χ4v) is 3.18. The Labute approximate surface area is 153 Å². The van der Waals surface area contributed by atoms with E-state index in [0.717, 1.165) is 0 Å². The summed E-state index contributed by atoms with van der Waals surface area (Å²) in [5, 5.41) is 2.60. The van der Waals surface area contributed by atoms with Gasteiger partial charge in [0.15, 0.2) is 0 Å². The largest absolute Gasteiger partial charge is 0.405 e. The molecule has 0 aliphatic carbocycles. The number of benzene rings is 1. The molecule has 1 atom stereocenters. The van der Waals surface area contributed by atoms with Crippen LogP contribution in [0.15, 0.2) is 18.2 Å². The molecule has 0 spiro atoms. The fraction of sp³-hybridized carbons (Fsp3) is 0.500. The average molecular weight is 397 g/mol. The quantitative estimate of drug-likeness (QED) is 0.826. The Hall–Kier alpha value is -1.47. The number of hydrogen-bond donors (Lipinski definition) is 1. The maximum atomic E-state index is 12.4. The van der Waals surface area contributed by atoms with Crippen molar-refractivity contribution in [2.75, 3.05) is 13.1 Å². The number of carbonyl (C=O) groups excluding carboxylic acids is 2. The summed E-state index contributed by atoms with van der Waals surface area (Å²) in [7, 11) is 0. The number of rotatable bonds is 5. The first-order valence-corrected chi connectivity index (χ1v) is 8.51. The third-order valence-electron chi connectivity index (χ3n) is 3.98. The van der Waals surface area contributed by atoms with Gasteiger partial charge in [-0.1, -0.05) is 35.3 Å². The number of nitrogens with one attached hydrogen (secondary N) is 1. The van der Waals surface area contributed by atoms with Gasteiger partial charge in [0, 0.05) is 13.0 Å². The molecule has 4 nitrogen and oxygen atoms in total. The molecular formula is C16H17Cl2F3N2O2. The zero-order chi connectivity index (χ0) is 18.6. The molecule has 0 radical (unpaired) electrons. The summed E-state index contributed by atoms with van der Waals surface area (Å²) in [6.07, 6.45) is -3.11. The van der Waals surface area contributed by atoms with Gasteiger partial charge in [0.25, 0.3) is 0 Å². The second kappa shape index (κ2) is 8.27. The number of likely N-dealkylation sites (tertiary alicyclic amines) is 1. The molecule has 1 fully saturated rings. The molecule has 1 unspecified atom stereocenters. The van der Waals surface area contributed by atoms with Crippen molar-refractivity contribution in [2.45, 2.75) is 37.9 Å². The van der Waals surface area contributed by atoms with Gasteiger partial charge in [-0.25, -0.2) is 0 Å². The summed E-state index contributed by atoms with van der Waals surface area (Å²) in [6, 6.07) is 4.25. The Balaban J connectivity index is 1.93. The first-order chi connectivity index (χ1) is 11.7. The third-order valence-corrected chi connectivity index (χ3v) is 4.84. The van der Waals surface area contributed by atoms with Crippen molar-refractivity contribution in [2.24, 2.45) is 0 Å². The Bertz CT molecular complexity index is 653. The van der Waals surface area contributed by atoms with Crippen LogP contribution in [0.2, 0.25) is 10.0 Å². The molecule has 0 aromatic heterocycles. The average Bonchev–Trinajstić information content (AvgIpc) is 3.03. The molecule has 1 N–H and O–H groups in total. The lowest BCUT2D eigenvalue weighted by Gasteiger charge is -2.24. The van der Waals surface area contributed by atoms with E-state index in [0.29, 0.717) is 41.4 Å². The monoisotopic (exact) mass is 396 g/mol. The van der Waals surface area contributed by atoms with Crippen LogP contribution in [0.5, 0.6) is 0 Å². The summed E-state index contributed by atoms with van der Waals surface area (Å²) >= 11 is 12.0. The molecular weight excluding hydrogens is 380 g/mol. The van der Waals surface area contributed by atoms with Crippen molar-refractivity contribution >= 4 is 35.0 Å². The second-order valence-electron chi connectivity index (χ2n) is 5.79. The highest BCUT2D eigenvalue weighted by molar-refractivity contribution is 6.42. The van der Waals surface area contributed by atoms with E-state index < -0.39 is 24.7 Å².